The number of primary amides is 1. The highest BCUT2D eigenvalue weighted by molar-refractivity contribution is 5.93. The third kappa shape index (κ3) is 11.1. The zero-order valence-corrected chi connectivity index (χ0v) is 29.5. The third-order valence-electron chi connectivity index (χ3n) is 7.91. The van der Waals surface area contributed by atoms with E-state index in [1.165, 1.54) is 11.8 Å². The van der Waals surface area contributed by atoms with Crippen LogP contribution < -0.4 is 16.8 Å². The first-order valence-electron chi connectivity index (χ1n) is 16.7. The van der Waals surface area contributed by atoms with E-state index in [9.17, 15) is 9.59 Å². The molecule has 2 amide bonds. The maximum Gasteiger partial charge on any atom is 0.248 e. The van der Waals surface area contributed by atoms with Crippen molar-refractivity contribution in [2.75, 3.05) is 13.1 Å². The topological polar surface area (TPSA) is 167 Å². The summed E-state index contributed by atoms with van der Waals surface area (Å²) in [6, 6.07) is 16.6. The number of nitrogens with zero attached hydrogens (tertiary/aromatic N) is 4. The molecule has 1 aliphatic rings. The van der Waals surface area contributed by atoms with Crippen LogP contribution in [-0.4, -0.2) is 57.6 Å². The van der Waals surface area contributed by atoms with Crippen LogP contribution in [-0.2, 0) is 23.1 Å². The molecule has 1 aliphatic heterocycles. The standard InChI is InChI=1S/C27H37N5O.C6H8N2O.C2H5N.C2H6/c1-6-9-20-16-21(25(28)33)12-15-23(20)27(17-19(5)29-8-3,22-13-10-18(4)11-14-22)26-30-24(7-2)31-32-26;7-4-6-2-1-3-8(6)5-9;1-2-3;1-2/h10-16,19,29H,6-9,17H2,1-5H3,(H2,28,33)(H,30,31,32);5-6H,1-3H2;2H,1,3H2;1-2H3/t19-,27?;;;/m1.../s1. The average Bonchev–Trinajstić information content (AvgIpc) is 3.76. The Morgan fingerprint density at radius 1 is 1.23 bits per heavy atom. The highest BCUT2D eigenvalue weighted by Crippen LogP contribution is 2.44. The van der Waals surface area contributed by atoms with Gasteiger partial charge in [0.05, 0.1) is 11.5 Å². The van der Waals surface area contributed by atoms with Crippen LogP contribution in [0, 0.1) is 18.3 Å². The molecule has 1 aromatic heterocycles. The minimum atomic E-state index is -0.583. The Labute approximate surface area is 282 Å². The van der Waals surface area contributed by atoms with Crippen molar-refractivity contribution in [3.8, 4) is 6.07 Å². The van der Waals surface area contributed by atoms with Crippen molar-refractivity contribution in [1.82, 2.24) is 25.4 Å². The molecule has 1 saturated heterocycles. The molecule has 256 valence electrons. The lowest BCUT2D eigenvalue weighted by molar-refractivity contribution is -0.118. The van der Waals surface area contributed by atoms with Crippen molar-refractivity contribution in [2.24, 2.45) is 11.5 Å². The fraction of sp³-hybridized carbons (Fsp3) is 0.486. The van der Waals surface area contributed by atoms with Crippen molar-refractivity contribution in [2.45, 2.75) is 104 Å². The van der Waals surface area contributed by atoms with Crippen molar-refractivity contribution >= 4 is 12.3 Å². The fourth-order valence-corrected chi connectivity index (χ4v) is 5.78. The van der Waals surface area contributed by atoms with Crippen LogP contribution in [0.1, 0.15) is 111 Å². The molecule has 0 spiro atoms. The summed E-state index contributed by atoms with van der Waals surface area (Å²) < 4.78 is 0. The van der Waals surface area contributed by atoms with E-state index in [0.29, 0.717) is 5.56 Å². The highest BCUT2D eigenvalue weighted by atomic mass is 16.1. The maximum atomic E-state index is 12.0. The largest absolute Gasteiger partial charge is 0.405 e. The van der Waals surface area contributed by atoms with Gasteiger partial charge in [0, 0.05) is 24.6 Å². The van der Waals surface area contributed by atoms with Gasteiger partial charge in [-0.05, 0) is 81.1 Å². The minimum absolute atomic E-state index is 0.150. The number of nitrogens with two attached hydrogens (primary N) is 2. The van der Waals surface area contributed by atoms with Crippen molar-refractivity contribution in [3.63, 3.8) is 0 Å². The Morgan fingerprint density at radius 3 is 2.38 bits per heavy atom. The molecular weight excluding hydrogens is 588 g/mol. The molecule has 47 heavy (non-hydrogen) atoms. The van der Waals surface area contributed by atoms with Gasteiger partial charge < -0.3 is 21.7 Å². The quantitative estimate of drug-likeness (QED) is 0.184. The Balaban J connectivity index is 0.000000659. The highest BCUT2D eigenvalue weighted by Gasteiger charge is 2.42. The number of aromatic nitrogens is 3. The molecule has 0 bridgehead atoms. The second-order valence-electron chi connectivity index (χ2n) is 11.2. The Bertz CT molecular complexity index is 1410. The van der Waals surface area contributed by atoms with Crippen LogP contribution >= 0.6 is 0 Å². The number of amides is 2. The molecule has 0 saturated carbocycles. The second-order valence-corrected chi connectivity index (χ2v) is 11.2. The molecule has 3 aromatic rings. The smallest absolute Gasteiger partial charge is 0.248 e. The fourth-order valence-electron chi connectivity index (χ4n) is 5.78. The van der Waals surface area contributed by atoms with Gasteiger partial charge >= 0.3 is 0 Å². The van der Waals surface area contributed by atoms with Gasteiger partial charge in [-0.25, -0.2) is 4.98 Å². The van der Waals surface area contributed by atoms with E-state index in [1.807, 2.05) is 26.0 Å². The number of carbonyl (C=O) groups excluding carboxylic acids is 2. The van der Waals surface area contributed by atoms with Gasteiger partial charge in [-0.3, -0.25) is 14.7 Å². The number of benzene rings is 2. The number of rotatable bonds is 12. The lowest BCUT2D eigenvalue weighted by Gasteiger charge is -2.37. The first-order valence-corrected chi connectivity index (χ1v) is 16.7. The number of aryl methyl sites for hydroxylation is 3. The second kappa shape index (κ2) is 21.3. The molecule has 3 atom stereocenters. The predicted molar refractivity (Wildman–Crippen MR) is 191 cm³/mol. The molecule has 4 rings (SSSR count). The van der Waals surface area contributed by atoms with Gasteiger partial charge in [0.25, 0.3) is 0 Å². The first kappa shape index (κ1) is 40.5. The number of likely N-dealkylation sites (tertiary alicyclic amines) is 1. The van der Waals surface area contributed by atoms with E-state index in [-0.39, 0.29) is 12.1 Å². The number of H-pyrrole nitrogens is 1. The van der Waals surface area contributed by atoms with E-state index in [0.717, 1.165) is 86.4 Å². The first-order chi connectivity index (χ1) is 22.6. The van der Waals surface area contributed by atoms with E-state index in [1.54, 1.807) is 4.90 Å². The van der Waals surface area contributed by atoms with E-state index >= 15 is 0 Å². The zero-order valence-electron chi connectivity index (χ0n) is 29.5. The van der Waals surface area contributed by atoms with Crippen molar-refractivity contribution < 1.29 is 9.59 Å². The molecule has 2 heterocycles. The van der Waals surface area contributed by atoms with Gasteiger partial charge in [-0.1, -0.05) is 83.5 Å². The summed E-state index contributed by atoms with van der Waals surface area (Å²) >= 11 is 0. The molecule has 0 aliphatic carbocycles. The summed E-state index contributed by atoms with van der Waals surface area (Å²) in [4.78, 5) is 28.6. The van der Waals surface area contributed by atoms with Gasteiger partial charge in [0.2, 0.25) is 12.3 Å². The molecular formula is C37H56N8O2. The Kier molecular flexibility index (Phi) is 18.4. The SMILES string of the molecule is C=CN.CC.CCCc1cc(C(N)=O)ccc1C(C[C@@H](C)NCC)(c1ccc(C)cc1)c1n[nH]c(CC)n1.N#CC1CCCN1C=O. The van der Waals surface area contributed by atoms with Crippen LogP contribution in [0.4, 0.5) is 0 Å². The molecule has 10 heteroatoms. The Morgan fingerprint density at radius 2 is 1.89 bits per heavy atom. The maximum absolute atomic E-state index is 12.0. The molecule has 0 radical (unpaired) electrons. The lowest BCUT2D eigenvalue weighted by Crippen LogP contribution is -2.40. The number of nitrogens with one attached hydrogen (secondary N) is 2. The molecule has 6 N–H and O–H groups in total. The van der Waals surface area contributed by atoms with Crippen LogP contribution in [0.25, 0.3) is 0 Å². The summed E-state index contributed by atoms with van der Waals surface area (Å²) in [6.07, 6.45) is 7.16. The average molecular weight is 645 g/mol. The number of nitriles is 1. The molecule has 1 fully saturated rings. The van der Waals surface area contributed by atoms with E-state index in [2.05, 4.69) is 93.7 Å². The predicted octanol–water partition coefficient (Wildman–Crippen LogP) is 5.70. The number of aromatic amines is 1. The van der Waals surface area contributed by atoms with Crippen LogP contribution in [0.5, 0.6) is 0 Å². The minimum Gasteiger partial charge on any atom is -0.405 e. The summed E-state index contributed by atoms with van der Waals surface area (Å²) in [7, 11) is 0. The van der Waals surface area contributed by atoms with Crippen LogP contribution in [0.15, 0.2) is 55.2 Å². The normalized spacial score (nSPS) is 15.2. The van der Waals surface area contributed by atoms with E-state index < -0.39 is 11.3 Å². The summed E-state index contributed by atoms with van der Waals surface area (Å²) in [5.74, 6) is 1.22. The van der Waals surface area contributed by atoms with Gasteiger partial charge in [0.1, 0.15) is 11.9 Å². The van der Waals surface area contributed by atoms with Crippen LogP contribution in [0.3, 0.4) is 0 Å². The molecule has 2 aromatic carbocycles. The summed E-state index contributed by atoms with van der Waals surface area (Å²) in [5.41, 5.74) is 14.8. The lowest BCUT2D eigenvalue weighted by atomic mass is 9.67. The van der Waals surface area contributed by atoms with Crippen LogP contribution in [0.2, 0.25) is 0 Å². The monoisotopic (exact) mass is 644 g/mol. The van der Waals surface area contributed by atoms with Crippen molar-refractivity contribution in [1.29, 1.82) is 5.26 Å². The summed E-state index contributed by atoms with van der Waals surface area (Å²) in [5, 5.41) is 19.9. The Hall–Kier alpha value is -4.49. The zero-order chi connectivity index (χ0) is 35.4. The number of hydrogen-bond donors (Lipinski definition) is 4. The van der Waals surface area contributed by atoms with Gasteiger partial charge in [-0.2, -0.15) is 10.4 Å². The number of hydrogen-bond acceptors (Lipinski definition) is 7. The third-order valence-corrected chi connectivity index (χ3v) is 7.91. The molecule has 2 unspecified atom stereocenters. The van der Waals surface area contributed by atoms with Gasteiger partial charge in [0.15, 0.2) is 5.82 Å². The van der Waals surface area contributed by atoms with Crippen molar-refractivity contribution in [3.05, 3.63) is 94.7 Å². The van der Waals surface area contributed by atoms with Gasteiger partial charge in [-0.15, -0.1) is 0 Å². The van der Waals surface area contributed by atoms with E-state index in [4.69, 9.17) is 21.1 Å². The molecule has 10 nitrogen and oxygen atoms in total. The summed E-state index contributed by atoms with van der Waals surface area (Å²) in [6.45, 7) is 19.4. The number of carbonyl (C=O) groups is 2.